The fourth-order valence-electron chi connectivity index (χ4n) is 2.33. The molecule has 2 aliphatic heterocycles. The van der Waals surface area contributed by atoms with Crippen molar-refractivity contribution in [2.75, 3.05) is 0 Å². The van der Waals surface area contributed by atoms with Gasteiger partial charge in [0.25, 0.3) is 0 Å². The highest BCUT2D eigenvalue weighted by Gasteiger charge is 2.24. The standard InChI is InChI=1S/C15H19NO/c1-10-7-8-16-14(9-10)6-5-11(2)12(3)15(16)13(4)17/h6-9,11H,5H2,1-4H3. The number of fused-ring (bicyclic) bond motifs is 1. The first kappa shape index (κ1) is 11.9. The second kappa shape index (κ2) is 4.36. The fourth-order valence-corrected chi connectivity index (χ4v) is 2.33. The zero-order valence-electron chi connectivity index (χ0n) is 10.9. The number of ketones is 1. The van der Waals surface area contributed by atoms with Crippen molar-refractivity contribution in [1.29, 1.82) is 0 Å². The third-order valence-electron chi connectivity index (χ3n) is 3.51. The molecule has 0 aromatic rings. The van der Waals surface area contributed by atoms with Crippen LogP contribution >= 0.6 is 0 Å². The molecule has 17 heavy (non-hydrogen) atoms. The maximum absolute atomic E-state index is 11.9. The molecular weight excluding hydrogens is 210 g/mol. The fraction of sp³-hybridized carbons (Fsp3) is 0.400. The number of nitrogens with zero attached hydrogens (tertiary/aromatic N) is 1. The van der Waals surface area contributed by atoms with Crippen LogP contribution in [0.5, 0.6) is 0 Å². The van der Waals surface area contributed by atoms with Gasteiger partial charge in [0, 0.05) is 18.8 Å². The third-order valence-corrected chi connectivity index (χ3v) is 3.51. The van der Waals surface area contributed by atoms with Gasteiger partial charge in [-0.15, -0.1) is 0 Å². The average molecular weight is 229 g/mol. The van der Waals surface area contributed by atoms with Crippen molar-refractivity contribution >= 4 is 5.78 Å². The first-order valence-electron chi connectivity index (χ1n) is 6.08. The van der Waals surface area contributed by atoms with E-state index in [1.165, 1.54) is 11.1 Å². The van der Waals surface area contributed by atoms with E-state index in [1.807, 2.05) is 17.2 Å². The first-order valence-corrected chi connectivity index (χ1v) is 6.08. The highest BCUT2D eigenvalue weighted by Crippen LogP contribution is 2.32. The molecule has 0 saturated carbocycles. The largest absolute Gasteiger partial charge is 0.314 e. The third kappa shape index (κ3) is 2.12. The minimum Gasteiger partial charge on any atom is -0.314 e. The lowest BCUT2D eigenvalue weighted by molar-refractivity contribution is -0.114. The van der Waals surface area contributed by atoms with Crippen molar-refractivity contribution in [2.24, 2.45) is 5.92 Å². The van der Waals surface area contributed by atoms with Crippen molar-refractivity contribution in [3.05, 3.63) is 47.0 Å². The van der Waals surface area contributed by atoms with Gasteiger partial charge < -0.3 is 4.90 Å². The zero-order valence-corrected chi connectivity index (χ0v) is 10.9. The van der Waals surface area contributed by atoms with E-state index in [4.69, 9.17) is 0 Å². The van der Waals surface area contributed by atoms with E-state index in [9.17, 15) is 4.79 Å². The lowest BCUT2D eigenvalue weighted by Crippen LogP contribution is -2.23. The maximum Gasteiger partial charge on any atom is 0.176 e. The first-order chi connectivity index (χ1) is 8.00. The van der Waals surface area contributed by atoms with E-state index < -0.39 is 0 Å². The molecule has 2 aliphatic rings. The van der Waals surface area contributed by atoms with Gasteiger partial charge in [-0.1, -0.05) is 13.0 Å². The Kier molecular flexibility index (Phi) is 3.05. The molecule has 0 aromatic carbocycles. The van der Waals surface area contributed by atoms with Crippen LogP contribution in [0.15, 0.2) is 47.0 Å². The number of allylic oxidation sites excluding steroid dienone is 6. The van der Waals surface area contributed by atoms with Gasteiger partial charge in [0.05, 0.1) is 5.70 Å². The molecule has 2 heteroatoms. The van der Waals surface area contributed by atoms with Crippen molar-refractivity contribution < 1.29 is 4.79 Å². The Hall–Kier alpha value is -1.57. The van der Waals surface area contributed by atoms with E-state index in [0.717, 1.165) is 17.8 Å². The molecule has 0 N–H and O–H groups in total. The van der Waals surface area contributed by atoms with Gasteiger partial charge in [-0.3, -0.25) is 4.79 Å². The lowest BCUT2D eigenvalue weighted by Gasteiger charge is -2.27. The predicted octanol–water partition coefficient (Wildman–Crippen LogP) is 3.55. The number of hydrogen-bond donors (Lipinski definition) is 0. The minimum atomic E-state index is 0.139. The summed E-state index contributed by atoms with van der Waals surface area (Å²) in [4.78, 5) is 13.9. The van der Waals surface area contributed by atoms with Crippen molar-refractivity contribution in [1.82, 2.24) is 4.90 Å². The van der Waals surface area contributed by atoms with E-state index in [0.29, 0.717) is 5.92 Å². The van der Waals surface area contributed by atoms with Crippen LogP contribution in [-0.2, 0) is 4.79 Å². The van der Waals surface area contributed by atoms with Crippen LogP contribution in [0.3, 0.4) is 0 Å². The summed E-state index contributed by atoms with van der Waals surface area (Å²) in [5.41, 5.74) is 4.36. The van der Waals surface area contributed by atoms with Gasteiger partial charge in [0.15, 0.2) is 5.78 Å². The molecule has 0 aliphatic carbocycles. The Morgan fingerprint density at radius 1 is 1.41 bits per heavy atom. The molecule has 1 unspecified atom stereocenters. The van der Waals surface area contributed by atoms with Gasteiger partial charge in [-0.25, -0.2) is 0 Å². The molecule has 0 saturated heterocycles. The smallest absolute Gasteiger partial charge is 0.176 e. The molecule has 2 rings (SSSR count). The Labute approximate surface area is 103 Å². The summed E-state index contributed by atoms with van der Waals surface area (Å²) in [5, 5.41) is 0. The summed E-state index contributed by atoms with van der Waals surface area (Å²) >= 11 is 0. The van der Waals surface area contributed by atoms with Crippen LogP contribution in [-0.4, -0.2) is 10.7 Å². The molecule has 1 atom stereocenters. The normalized spacial score (nSPS) is 24.0. The number of rotatable bonds is 1. The van der Waals surface area contributed by atoms with Crippen LogP contribution < -0.4 is 0 Å². The summed E-state index contributed by atoms with van der Waals surface area (Å²) in [6.45, 7) is 7.96. The van der Waals surface area contributed by atoms with Crippen molar-refractivity contribution in [2.45, 2.75) is 34.1 Å². The van der Waals surface area contributed by atoms with Crippen LogP contribution in [0.2, 0.25) is 0 Å². The number of hydrogen-bond acceptors (Lipinski definition) is 2. The Bertz CT molecular complexity index is 477. The summed E-state index contributed by atoms with van der Waals surface area (Å²) in [5.74, 6) is 0.564. The molecule has 0 bridgehead atoms. The molecular formula is C15H19NO. The highest BCUT2D eigenvalue weighted by atomic mass is 16.1. The summed E-state index contributed by atoms with van der Waals surface area (Å²) < 4.78 is 0. The maximum atomic E-state index is 11.9. The van der Waals surface area contributed by atoms with E-state index in [-0.39, 0.29) is 5.78 Å². The van der Waals surface area contributed by atoms with Crippen molar-refractivity contribution in [3.63, 3.8) is 0 Å². The second-order valence-corrected chi connectivity index (χ2v) is 4.93. The summed E-state index contributed by atoms with van der Waals surface area (Å²) in [7, 11) is 0. The number of carbonyl (C=O) groups is 1. The van der Waals surface area contributed by atoms with Gasteiger partial charge in [-0.2, -0.15) is 0 Å². The van der Waals surface area contributed by atoms with E-state index >= 15 is 0 Å². The van der Waals surface area contributed by atoms with Gasteiger partial charge >= 0.3 is 0 Å². The molecule has 0 amide bonds. The lowest BCUT2D eigenvalue weighted by atomic mass is 9.97. The summed E-state index contributed by atoms with van der Waals surface area (Å²) in [6, 6.07) is 0. The van der Waals surface area contributed by atoms with Crippen molar-refractivity contribution in [3.8, 4) is 0 Å². The minimum absolute atomic E-state index is 0.139. The summed E-state index contributed by atoms with van der Waals surface area (Å²) in [6.07, 6.45) is 9.39. The van der Waals surface area contributed by atoms with Gasteiger partial charge in [0.2, 0.25) is 0 Å². The second-order valence-electron chi connectivity index (χ2n) is 4.93. The molecule has 2 heterocycles. The molecule has 2 nitrogen and oxygen atoms in total. The molecule has 0 fully saturated rings. The molecule has 90 valence electrons. The Morgan fingerprint density at radius 2 is 2.12 bits per heavy atom. The average Bonchev–Trinajstić information content (AvgIpc) is 2.38. The molecule has 0 aromatic heterocycles. The van der Waals surface area contributed by atoms with Gasteiger partial charge in [-0.05, 0) is 49.5 Å². The molecule has 0 radical (unpaired) electrons. The highest BCUT2D eigenvalue weighted by molar-refractivity contribution is 5.94. The van der Waals surface area contributed by atoms with E-state index in [1.54, 1.807) is 6.92 Å². The monoisotopic (exact) mass is 229 g/mol. The van der Waals surface area contributed by atoms with E-state index in [2.05, 4.69) is 32.9 Å². The van der Waals surface area contributed by atoms with Gasteiger partial charge in [0.1, 0.15) is 0 Å². The predicted molar refractivity (Wildman–Crippen MR) is 70.0 cm³/mol. The SMILES string of the molecule is CC(=O)C1=C(C)C(C)CC=C2C=C(C)C=CN21. The Balaban J connectivity index is 2.54. The molecule has 0 spiro atoms. The number of carbonyl (C=O) groups excluding carboxylic acids is 1. The van der Waals surface area contributed by atoms with Crippen LogP contribution in [0.25, 0.3) is 0 Å². The van der Waals surface area contributed by atoms with Crippen LogP contribution in [0, 0.1) is 5.92 Å². The Morgan fingerprint density at radius 3 is 2.76 bits per heavy atom. The quantitative estimate of drug-likeness (QED) is 0.685. The number of Topliss-reactive ketones (excluding diaryl/α,β-unsaturated/α-hetero) is 1. The topological polar surface area (TPSA) is 20.3 Å². The van der Waals surface area contributed by atoms with Crippen LogP contribution in [0.4, 0.5) is 0 Å². The van der Waals surface area contributed by atoms with Crippen LogP contribution in [0.1, 0.15) is 34.1 Å². The zero-order chi connectivity index (χ0) is 12.6.